The van der Waals surface area contributed by atoms with Crippen LogP contribution in [0.2, 0.25) is 0 Å². The van der Waals surface area contributed by atoms with Gasteiger partial charge in [-0.2, -0.15) is 0 Å². The Bertz CT molecular complexity index is 217. The van der Waals surface area contributed by atoms with Gasteiger partial charge in [0, 0.05) is 0 Å². The average Bonchev–Trinajstić information content (AvgIpc) is 2.61. The first-order valence-electron chi connectivity index (χ1n) is 5.70. The molecular weight excluding hydrogens is 178 g/mol. The molecule has 0 amide bonds. The van der Waals surface area contributed by atoms with E-state index in [1.165, 1.54) is 6.42 Å². The van der Waals surface area contributed by atoms with Crippen molar-refractivity contribution in [1.29, 1.82) is 0 Å². The van der Waals surface area contributed by atoms with Crippen molar-refractivity contribution < 1.29 is 9.53 Å². The molecule has 2 rings (SSSR count). The second-order valence-electron chi connectivity index (χ2n) is 4.35. The van der Waals surface area contributed by atoms with E-state index in [0.717, 1.165) is 31.8 Å². The molecule has 3 nitrogen and oxygen atoms in total. The van der Waals surface area contributed by atoms with E-state index in [9.17, 15) is 4.79 Å². The molecule has 1 aliphatic heterocycles. The van der Waals surface area contributed by atoms with Gasteiger partial charge in [-0.05, 0) is 51.1 Å². The Morgan fingerprint density at radius 1 is 1.43 bits per heavy atom. The zero-order chi connectivity index (χ0) is 9.97. The third-order valence-corrected chi connectivity index (χ3v) is 3.62. The van der Waals surface area contributed by atoms with Gasteiger partial charge in [-0.3, -0.25) is 4.79 Å². The Kier molecular flexibility index (Phi) is 3.06. The van der Waals surface area contributed by atoms with Crippen LogP contribution in [0, 0.1) is 17.8 Å². The topological polar surface area (TPSA) is 38.3 Å². The molecule has 1 saturated carbocycles. The van der Waals surface area contributed by atoms with Crippen LogP contribution in [0.1, 0.15) is 26.2 Å². The highest BCUT2D eigenvalue weighted by molar-refractivity contribution is 5.73. The minimum absolute atomic E-state index is 0.0434. The Morgan fingerprint density at radius 3 is 3.07 bits per heavy atom. The lowest BCUT2D eigenvalue weighted by Crippen LogP contribution is -2.37. The van der Waals surface area contributed by atoms with Gasteiger partial charge in [0.25, 0.3) is 0 Å². The summed E-state index contributed by atoms with van der Waals surface area (Å²) in [7, 11) is 0. The number of carbonyl (C=O) groups is 1. The predicted octanol–water partition coefficient (Wildman–Crippen LogP) is 1.19. The third-order valence-electron chi connectivity index (χ3n) is 3.62. The predicted molar refractivity (Wildman–Crippen MR) is 53.8 cm³/mol. The van der Waals surface area contributed by atoms with Crippen LogP contribution in [0.4, 0.5) is 0 Å². The number of fused-ring (bicyclic) bond motifs is 1. The minimum Gasteiger partial charge on any atom is -0.466 e. The number of nitrogens with one attached hydrogen (secondary N) is 1. The minimum atomic E-state index is 0.0434. The van der Waals surface area contributed by atoms with Gasteiger partial charge in [-0.1, -0.05) is 0 Å². The summed E-state index contributed by atoms with van der Waals surface area (Å²) in [4.78, 5) is 11.7. The lowest BCUT2D eigenvalue weighted by atomic mass is 9.84. The highest BCUT2D eigenvalue weighted by atomic mass is 16.5. The van der Waals surface area contributed by atoms with E-state index >= 15 is 0 Å². The number of rotatable bonds is 2. The molecule has 0 radical (unpaired) electrons. The van der Waals surface area contributed by atoms with E-state index in [4.69, 9.17) is 4.74 Å². The molecule has 14 heavy (non-hydrogen) atoms. The number of hydrogen-bond acceptors (Lipinski definition) is 3. The zero-order valence-corrected chi connectivity index (χ0v) is 8.79. The van der Waals surface area contributed by atoms with Crippen molar-refractivity contribution in [3.05, 3.63) is 0 Å². The third kappa shape index (κ3) is 1.78. The Labute approximate surface area is 85.2 Å². The molecule has 1 heterocycles. The van der Waals surface area contributed by atoms with Crippen molar-refractivity contribution in [1.82, 2.24) is 5.32 Å². The molecule has 2 aliphatic rings. The number of piperidine rings is 1. The lowest BCUT2D eigenvalue weighted by molar-refractivity contribution is -0.149. The van der Waals surface area contributed by atoms with Crippen molar-refractivity contribution in [2.45, 2.75) is 26.2 Å². The fourth-order valence-corrected chi connectivity index (χ4v) is 2.94. The highest BCUT2D eigenvalue weighted by Gasteiger charge is 2.41. The maximum atomic E-state index is 11.7. The van der Waals surface area contributed by atoms with Crippen molar-refractivity contribution in [2.24, 2.45) is 17.8 Å². The van der Waals surface area contributed by atoms with Gasteiger partial charge in [-0.25, -0.2) is 0 Å². The second kappa shape index (κ2) is 4.30. The van der Waals surface area contributed by atoms with Crippen LogP contribution >= 0.6 is 0 Å². The van der Waals surface area contributed by atoms with Gasteiger partial charge < -0.3 is 10.1 Å². The van der Waals surface area contributed by atoms with E-state index in [2.05, 4.69) is 5.32 Å². The Balaban J connectivity index is 1.96. The molecule has 1 aliphatic carbocycles. The van der Waals surface area contributed by atoms with E-state index in [1.807, 2.05) is 6.92 Å². The maximum absolute atomic E-state index is 11.7. The maximum Gasteiger partial charge on any atom is 0.309 e. The van der Waals surface area contributed by atoms with E-state index in [0.29, 0.717) is 12.5 Å². The van der Waals surface area contributed by atoms with E-state index in [1.54, 1.807) is 0 Å². The molecule has 3 heteroatoms. The molecular formula is C11H19NO2. The van der Waals surface area contributed by atoms with Gasteiger partial charge >= 0.3 is 5.97 Å². The van der Waals surface area contributed by atoms with Crippen molar-refractivity contribution in [2.75, 3.05) is 19.7 Å². The van der Waals surface area contributed by atoms with Crippen LogP contribution in [0.5, 0.6) is 0 Å². The molecule has 0 aromatic carbocycles. The molecule has 0 spiro atoms. The average molecular weight is 197 g/mol. The van der Waals surface area contributed by atoms with Crippen LogP contribution in [0.15, 0.2) is 0 Å². The van der Waals surface area contributed by atoms with Crippen molar-refractivity contribution >= 4 is 5.97 Å². The lowest BCUT2D eigenvalue weighted by Gasteiger charge is -2.28. The summed E-state index contributed by atoms with van der Waals surface area (Å²) < 4.78 is 5.12. The quantitative estimate of drug-likeness (QED) is 0.676. The van der Waals surface area contributed by atoms with E-state index in [-0.39, 0.29) is 11.9 Å². The number of esters is 1. The summed E-state index contributed by atoms with van der Waals surface area (Å²) in [6.07, 6.45) is 3.38. The Morgan fingerprint density at radius 2 is 2.29 bits per heavy atom. The molecule has 3 atom stereocenters. The first-order chi connectivity index (χ1) is 6.83. The molecule has 0 unspecified atom stereocenters. The summed E-state index contributed by atoms with van der Waals surface area (Å²) in [5, 5.41) is 3.40. The smallest absolute Gasteiger partial charge is 0.309 e. The number of ether oxygens (including phenoxy) is 1. The highest BCUT2D eigenvalue weighted by Crippen LogP contribution is 2.40. The standard InChI is InChI=1S/C11H19NO2/c1-2-14-11(13)10-4-3-8-7-12-6-5-9(8)10/h8-10,12H,2-7H2,1H3/t8-,9+,10-/m1/s1. The van der Waals surface area contributed by atoms with Gasteiger partial charge in [-0.15, -0.1) is 0 Å². The van der Waals surface area contributed by atoms with Gasteiger partial charge in [0.05, 0.1) is 12.5 Å². The molecule has 80 valence electrons. The van der Waals surface area contributed by atoms with Crippen molar-refractivity contribution in [3.63, 3.8) is 0 Å². The van der Waals surface area contributed by atoms with Gasteiger partial charge in [0.2, 0.25) is 0 Å². The second-order valence-corrected chi connectivity index (χ2v) is 4.35. The summed E-state index contributed by atoms with van der Waals surface area (Å²) >= 11 is 0. The monoisotopic (exact) mass is 197 g/mol. The van der Waals surface area contributed by atoms with Crippen LogP contribution < -0.4 is 5.32 Å². The normalized spacial score (nSPS) is 36.5. The summed E-state index contributed by atoms with van der Waals surface area (Å²) in [5.41, 5.74) is 0. The summed E-state index contributed by atoms with van der Waals surface area (Å²) in [5.74, 6) is 1.55. The van der Waals surface area contributed by atoms with E-state index < -0.39 is 0 Å². The Hall–Kier alpha value is -0.570. The first-order valence-corrected chi connectivity index (χ1v) is 5.70. The van der Waals surface area contributed by atoms with Crippen LogP contribution in [-0.4, -0.2) is 25.7 Å². The van der Waals surface area contributed by atoms with Crippen LogP contribution in [0.25, 0.3) is 0 Å². The molecule has 1 N–H and O–H groups in total. The largest absolute Gasteiger partial charge is 0.466 e. The molecule has 0 aromatic rings. The van der Waals surface area contributed by atoms with Crippen LogP contribution in [0.3, 0.4) is 0 Å². The number of carbonyl (C=O) groups excluding carboxylic acids is 1. The zero-order valence-electron chi connectivity index (χ0n) is 8.79. The van der Waals surface area contributed by atoms with Gasteiger partial charge in [0.1, 0.15) is 0 Å². The summed E-state index contributed by atoms with van der Waals surface area (Å²) in [6, 6.07) is 0. The fourth-order valence-electron chi connectivity index (χ4n) is 2.94. The SMILES string of the molecule is CCOC(=O)[C@@H]1CC[C@@H]2CNCC[C@@H]21. The molecule has 0 bridgehead atoms. The number of hydrogen-bond donors (Lipinski definition) is 1. The van der Waals surface area contributed by atoms with Crippen LogP contribution in [-0.2, 0) is 9.53 Å². The molecule has 2 fully saturated rings. The summed E-state index contributed by atoms with van der Waals surface area (Å²) in [6.45, 7) is 4.56. The van der Waals surface area contributed by atoms with Gasteiger partial charge in [0.15, 0.2) is 0 Å². The first kappa shape index (κ1) is 9.97. The molecule has 0 aromatic heterocycles. The van der Waals surface area contributed by atoms with Crippen molar-refractivity contribution in [3.8, 4) is 0 Å². The molecule has 1 saturated heterocycles. The fraction of sp³-hybridized carbons (Fsp3) is 0.909.